The largest absolute Gasteiger partial charge is 0.396 e. The van der Waals surface area contributed by atoms with Gasteiger partial charge in [0.25, 0.3) is 0 Å². The quantitative estimate of drug-likeness (QED) is 0.912. The first kappa shape index (κ1) is 12.3. The van der Waals surface area contributed by atoms with E-state index < -0.39 is 0 Å². The number of aryl methyl sites for hydroxylation is 1. The maximum atomic E-state index is 5.88. The van der Waals surface area contributed by atoms with Gasteiger partial charge >= 0.3 is 0 Å². The lowest BCUT2D eigenvalue weighted by Crippen LogP contribution is -2.08. The topological polar surface area (TPSA) is 63.8 Å². The van der Waals surface area contributed by atoms with Crippen LogP contribution in [0.1, 0.15) is 22.9 Å². The van der Waals surface area contributed by atoms with Crippen molar-refractivity contribution in [3.05, 3.63) is 32.9 Å². The van der Waals surface area contributed by atoms with Crippen LogP contribution >= 0.6 is 27.3 Å². The molecular weight excluding hydrogens is 300 g/mol. The number of hydrogen-bond donors (Lipinski definition) is 2. The molecule has 0 aromatic carbocycles. The van der Waals surface area contributed by atoms with Gasteiger partial charge in [-0.25, -0.2) is 4.98 Å². The molecule has 4 nitrogen and oxygen atoms in total. The summed E-state index contributed by atoms with van der Waals surface area (Å²) in [5, 5.41) is 4.39. The third kappa shape index (κ3) is 2.76. The number of nitrogen functional groups attached to an aromatic ring is 1. The fraction of sp³-hybridized carbons (Fsp3) is 0.273. The molecular formula is C11H13BrN4S. The van der Waals surface area contributed by atoms with E-state index in [4.69, 9.17) is 5.73 Å². The normalized spacial score (nSPS) is 12.4. The Hall–Kier alpha value is -1.14. The number of aromatic nitrogens is 2. The predicted octanol–water partition coefficient (Wildman–Crippen LogP) is 3.36. The van der Waals surface area contributed by atoms with Gasteiger partial charge in [-0.05, 0) is 29.8 Å². The number of hydrogen-bond acceptors (Lipinski definition) is 5. The van der Waals surface area contributed by atoms with Gasteiger partial charge in [0.1, 0.15) is 5.01 Å². The van der Waals surface area contributed by atoms with Gasteiger partial charge in [-0.2, -0.15) is 0 Å². The molecule has 17 heavy (non-hydrogen) atoms. The molecule has 0 bridgehead atoms. The summed E-state index contributed by atoms with van der Waals surface area (Å²) in [5.41, 5.74) is 7.37. The molecule has 3 N–H and O–H groups in total. The van der Waals surface area contributed by atoms with Crippen LogP contribution < -0.4 is 11.1 Å². The van der Waals surface area contributed by atoms with Crippen molar-refractivity contribution in [1.29, 1.82) is 0 Å². The van der Waals surface area contributed by atoms with Crippen LogP contribution in [0.2, 0.25) is 0 Å². The van der Waals surface area contributed by atoms with E-state index in [2.05, 4.69) is 38.1 Å². The van der Waals surface area contributed by atoms with Crippen molar-refractivity contribution < 1.29 is 0 Å². The second-order valence-corrected chi connectivity index (χ2v) is 5.88. The first-order valence-electron chi connectivity index (χ1n) is 5.15. The number of anilines is 2. The monoisotopic (exact) mass is 312 g/mol. The molecule has 0 aliphatic carbocycles. The lowest BCUT2D eigenvalue weighted by molar-refractivity contribution is 0.868. The fourth-order valence-corrected chi connectivity index (χ4v) is 2.69. The van der Waals surface area contributed by atoms with Crippen molar-refractivity contribution in [2.45, 2.75) is 19.9 Å². The average molecular weight is 313 g/mol. The van der Waals surface area contributed by atoms with Crippen LogP contribution in [0.3, 0.4) is 0 Å². The van der Waals surface area contributed by atoms with E-state index in [0.717, 1.165) is 15.2 Å². The highest BCUT2D eigenvalue weighted by Gasteiger charge is 2.12. The second-order valence-electron chi connectivity index (χ2n) is 3.76. The molecule has 0 radical (unpaired) electrons. The van der Waals surface area contributed by atoms with Crippen LogP contribution in [0.15, 0.2) is 23.1 Å². The standard InChI is InChI=1S/C11H13BrN4S/c1-6-3-15-11(17-6)7(2)16-10-8(12)4-14-5-9(10)13/h3-5,7H,13H2,1-2H3,(H,14,16). The molecule has 2 aromatic heterocycles. The molecule has 0 fully saturated rings. The Morgan fingerprint density at radius 1 is 1.41 bits per heavy atom. The van der Waals surface area contributed by atoms with Crippen LogP contribution in [-0.4, -0.2) is 9.97 Å². The highest BCUT2D eigenvalue weighted by atomic mass is 79.9. The lowest BCUT2D eigenvalue weighted by Gasteiger charge is -2.15. The minimum atomic E-state index is 0.120. The molecule has 0 saturated carbocycles. The van der Waals surface area contributed by atoms with E-state index >= 15 is 0 Å². The summed E-state index contributed by atoms with van der Waals surface area (Å²) in [6.07, 6.45) is 5.23. The van der Waals surface area contributed by atoms with E-state index in [0.29, 0.717) is 5.69 Å². The lowest BCUT2D eigenvalue weighted by atomic mass is 10.3. The number of nitrogens with zero attached hydrogens (tertiary/aromatic N) is 2. The Labute approximate surface area is 112 Å². The van der Waals surface area contributed by atoms with E-state index in [1.807, 2.05) is 13.1 Å². The zero-order valence-electron chi connectivity index (χ0n) is 9.57. The molecule has 0 saturated heterocycles. The predicted molar refractivity (Wildman–Crippen MR) is 75.2 cm³/mol. The molecule has 2 heterocycles. The Balaban J connectivity index is 2.21. The Morgan fingerprint density at radius 3 is 2.76 bits per heavy atom. The minimum Gasteiger partial charge on any atom is -0.396 e. The van der Waals surface area contributed by atoms with Gasteiger partial charge in [0.2, 0.25) is 0 Å². The van der Waals surface area contributed by atoms with Crippen LogP contribution in [0.25, 0.3) is 0 Å². The molecule has 1 atom stereocenters. The van der Waals surface area contributed by atoms with E-state index in [1.54, 1.807) is 23.7 Å². The zero-order valence-corrected chi connectivity index (χ0v) is 12.0. The van der Waals surface area contributed by atoms with Gasteiger partial charge in [0, 0.05) is 17.3 Å². The fourth-order valence-electron chi connectivity index (χ4n) is 1.45. The average Bonchev–Trinajstić information content (AvgIpc) is 2.70. The first-order chi connectivity index (χ1) is 8.08. The summed E-state index contributed by atoms with van der Waals surface area (Å²) in [6, 6.07) is 0.120. The van der Waals surface area contributed by atoms with Gasteiger partial charge in [-0.1, -0.05) is 0 Å². The number of rotatable bonds is 3. The Morgan fingerprint density at radius 2 is 2.18 bits per heavy atom. The maximum absolute atomic E-state index is 5.88. The van der Waals surface area contributed by atoms with Gasteiger partial charge < -0.3 is 11.1 Å². The Bertz CT molecular complexity index is 506. The van der Waals surface area contributed by atoms with Crippen molar-refractivity contribution in [2.24, 2.45) is 0 Å². The SMILES string of the molecule is Cc1cnc(C(C)Nc2c(N)cncc2Br)s1. The van der Waals surface area contributed by atoms with Crippen LogP contribution in [0.4, 0.5) is 11.4 Å². The molecule has 0 spiro atoms. The smallest absolute Gasteiger partial charge is 0.115 e. The van der Waals surface area contributed by atoms with E-state index in [9.17, 15) is 0 Å². The van der Waals surface area contributed by atoms with Gasteiger partial charge in [-0.15, -0.1) is 11.3 Å². The first-order valence-corrected chi connectivity index (χ1v) is 6.76. The minimum absolute atomic E-state index is 0.120. The third-order valence-corrected chi connectivity index (χ3v) is 4.00. The number of halogens is 1. The van der Waals surface area contributed by atoms with Crippen LogP contribution in [0.5, 0.6) is 0 Å². The molecule has 0 amide bonds. The summed E-state index contributed by atoms with van der Waals surface area (Å²) in [6.45, 7) is 4.11. The van der Waals surface area contributed by atoms with Gasteiger partial charge in [0.05, 0.1) is 28.1 Å². The molecule has 2 aromatic rings. The summed E-state index contributed by atoms with van der Waals surface area (Å²) in [7, 11) is 0. The van der Waals surface area contributed by atoms with E-state index in [1.165, 1.54) is 4.88 Å². The molecule has 1 unspecified atom stereocenters. The summed E-state index contributed by atoms with van der Waals surface area (Å²) in [5.74, 6) is 0. The van der Waals surface area contributed by atoms with Gasteiger partial charge in [-0.3, -0.25) is 4.98 Å². The third-order valence-electron chi connectivity index (χ3n) is 2.30. The van der Waals surface area contributed by atoms with Gasteiger partial charge in [0.15, 0.2) is 0 Å². The summed E-state index contributed by atoms with van der Waals surface area (Å²) >= 11 is 5.11. The zero-order chi connectivity index (χ0) is 12.4. The summed E-state index contributed by atoms with van der Waals surface area (Å²) in [4.78, 5) is 9.56. The molecule has 90 valence electrons. The van der Waals surface area contributed by atoms with Crippen molar-refractivity contribution >= 4 is 38.6 Å². The highest BCUT2D eigenvalue weighted by Crippen LogP contribution is 2.31. The van der Waals surface area contributed by atoms with Crippen molar-refractivity contribution in [3.8, 4) is 0 Å². The number of pyridine rings is 1. The van der Waals surface area contributed by atoms with Crippen molar-refractivity contribution in [1.82, 2.24) is 9.97 Å². The van der Waals surface area contributed by atoms with Crippen LogP contribution in [0, 0.1) is 6.92 Å². The van der Waals surface area contributed by atoms with Crippen molar-refractivity contribution in [3.63, 3.8) is 0 Å². The van der Waals surface area contributed by atoms with Crippen molar-refractivity contribution in [2.75, 3.05) is 11.1 Å². The molecule has 6 heteroatoms. The number of nitrogens with two attached hydrogens (primary N) is 1. The van der Waals surface area contributed by atoms with E-state index in [-0.39, 0.29) is 6.04 Å². The second kappa shape index (κ2) is 5.01. The molecule has 0 aliphatic rings. The Kier molecular flexibility index (Phi) is 3.63. The number of thiazole rings is 1. The molecule has 0 aliphatic heterocycles. The maximum Gasteiger partial charge on any atom is 0.115 e. The summed E-state index contributed by atoms with van der Waals surface area (Å²) < 4.78 is 0.859. The van der Waals surface area contributed by atoms with Crippen LogP contribution in [-0.2, 0) is 0 Å². The molecule has 2 rings (SSSR count). The number of nitrogens with one attached hydrogen (secondary N) is 1. The highest BCUT2D eigenvalue weighted by molar-refractivity contribution is 9.10.